The van der Waals surface area contributed by atoms with Crippen LogP contribution in [0.15, 0.2) is 53.0 Å². The molecule has 0 unspecified atom stereocenters. The van der Waals surface area contributed by atoms with Crippen LogP contribution in [0.5, 0.6) is 5.75 Å². The maximum absolute atomic E-state index is 6.58. The van der Waals surface area contributed by atoms with Gasteiger partial charge in [-0.1, -0.05) is 36.4 Å². The van der Waals surface area contributed by atoms with Gasteiger partial charge >= 0.3 is 0 Å². The lowest BCUT2D eigenvalue weighted by Crippen LogP contribution is -2.51. The van der Waals surface area contributed by atoms with Gasteiger partial charge in [0.05, 0.1) is 10.5 Å². The highest BCUT2D eigenvalue weighted by atomic mass is 79.9. The summed E-state index contributed by atoms with van der Waals surface area (Å²) in [4.78, 5) is 2.56. The van der Waals surface area contributed by atoms with E-state index in [1.165, 1.54) is 17.5 Å². The van der Waals surface area contributed by atoms with Crippen molar-refractivity contribution in [3.63, 3.8) is 0 Å². The number of likely N-dealkylation sites (tertiary alicyclic amines) is 1. The molecule has 25 heavy (non-hydrogen) atoms. The van der Waals surface area contributed by atoms with Crippen LogP contribution in [-0.2, 0) is 6.42 Å². The normalized spacial score (nSPS) is 26.9. The molecule has 3 nitrogen and oxygen atoms in total. The van der Waals surface area contributed by atoms with E-state index in [1.54, 1.807) is 0 Å². The molecule has 2 aromatic rings. The number of aryl methyl sites for hydroxylation is 1. The van der Waals surface area contributed by atoms with E-state index >= 15 is 0 Å². The Kier molecular flexibility index (Phi) is 5.11. The molecular weight excluding hydrogens is 376 g/mol. The molecule has 0 spiro atoms. The van der Waals surface area contributed by atoms with Crippen LogP contribution < -0.4 is 10.5 Å². The van der Waals surface area contributed by atoms with Crippen LogP contribution in [-0.4, -0.2) is 30.1 Å². The van der Waals surface area contributed by atoms with Crippen molar-refractivity contribution in [2.45, 2.75) is 43.9 Å². The Morgan fingerprint density at radius 3 is 2.68 bits per heavy atom. The van der Waals surface area contributed by atoms with Crippen molar-refractivity contribution in [1.82, 2.24) is 4.90 Å². The van der Waals surface area contributed by atoms with E-state index in [9.17, 15) is 0 Å². The number of hydrogen-bond donors (Lipinski definition) is 1. The molecule has 2 aromatic carbocycles. The van der Waals surface area contributed by atoms with Gasteiger partial charge in [-0.3, -0.25) is 4.90 Å². The third kappa shape index (κ3) is 3.62. The van der Waals surface area contributed by atoms with Crippen molar-refractivity contribution >= 4 is 15.9 Å². The monoisotopic (exact) mass is 400 g/mol. The van der Waals surface area contributed by atoms with Crippen LogP contribution in [0.3, 0.4) is 0 Å². The summed E-state index contributed by atoms with van der Waals surface area (Å²) in [7, 11) is 0. The Labute approximate surface area is 158 Å². The number of piperidine rings is 1. The molecular formula is C21H25BrN2O. The second-order valence-electron chi connectivity index (χ2n) is 7.17. The van der Waals surface area contributed by atoms with Crippen LogP contribution in [0.2, 0.25) is 0 Å². The lowest BCUT2D eigenvalue weighted by Gasteiger charge is -2.43. The molecule has 4 heteroatoms. The zero-order chi connectivity index (χ0) is 17.2. The number of hydrogen-bond acceptors (Lipinski definition) is 3. The smallest absolute Gasteiger partial charge is 0.139 e. The minimum atomic E-state index is 0.0500. The number of para-hydroxylation sites is 1. The van der Waals surface area contributed by atoms with E-state index < -0.39 is 0 Å². The Hall–Kier alpha value is -1.36. The fraction of sp³-hybridized carbons (Fsp3) is 0.429. The highest BCUT2D eigenvalue weighted by molar-refractivity contribution is 9.10. The van der Waals surface area contributed by atoms with Gasteiger partial charge in [0.25, 0.3) is 0 Å². The number of benzene rings is 2. The first-order chi connectivity index (χ1) is 12.2. The second-order valence-corrected chi connectivity index (χ2v) is 8.03. The summed E-state index contributed by atoms with van der Waals surface area (Å²) in [5, 5.41) is 0. The van der Waals surface area contributed by atoms with Gasteiger partial charge in [-0.15, -0.1) is 0 Å². The van der Waals surface area contributed by atoms with Crippen molar-refractivity contribution in [3.8, 4) is 5.75 Å². The van der Waals surface area contributed by atoms with Gasteiger partial charge < -0.3 is 10.5 Å². The molecule has 0 bridgehead atoms. The topological polar surface area (TPSA) is 38.5 Å². The van der Waals surface area contributed by atoms with Gasteiger partial charge in [0.2, 0.25) is 0 Å². The lowest BCUT2D eigenvalue weighted by molar-refractivity contribution is 0.0363. The van der Waals surface area contributed by atoms with Crippen LogP contribution in [0.4, 0.5) is 0 Å². The van der Waals surface area contributed by atoms with Gasteiger partial charge in [0.15, 0.2) is 0 Å². The van der Waals surface area contributed by atoms with Gasteiger partial charge in [-0.25, -0.2) is 0 Å². The van der Waals surface area contributed by atoms with Crippen LogP contribution >= 0.6 is 15.9 Å². The van der Waals surface area contributed by atoms with Crippen LogP contribution in [0.1, 0.15) is 36.5 Å². The predicted octanol–water partition coefficient (Wildman–Crippen LogP) is 4.31. The van der Waals surface area contributed by atoms with E-state index in [-0.39, 0.29) is 12.1 Å². The maximum Gasteiger partial charge on any atom is 0.139 e. The molecule has 2 aliphatic rings. The number of nitrogens with zero attached hydrogens (tertiary/aromatic N) is 1. The van der Waals surface area contributed by atoms with Crippen molar-refractivity contribution in [2.75, 3.05) is 13.1 Å². The standard InChI is InChI=1S/C21H25BrN2O/c22-18-9-3-4-10-20(18)25-21-17-8-2-1-6-15(17)11-12-19(21)24-13-5-7-16(23)14-24/h1-4,6,8-10,16,19,21H,5,7,11-14,23H2/t16-,19+,21+/m1/s1. The van der Waals surface area contributed by atoms with Crippen molar-refractivity contribution < 1.29 is 4.74 Å². The summed E-state index contributed by atoms with van der Waals surface area (Å²) in [5.41, 5.74) is 9.00. The Morgan fingerprint density at radius 2 is 1.84 bits per heavy atom. The number of halogens is 1. The average Bonchev–Trinajstić information content (AvgIpc) is 2.64. The molecule has 132 valence electrons. The fourth-order valence-electron chi connectivity index (χ4n) is 4.24. The second kappa shape index (κ2) is 7.48. The minimum Gasteiger partial charge on any atom is -0.483 e. The predicted molar refractivity (Wildman–Crippen MR) is 105 cm³/mol. The van der Waals surface area contributed by atoms with Crippen molar-refractivity contribution in [3.05, 3.63) is 64.1 Å². The number of fused-ring (bicyclic) bond motifs is 1. The summed E-state index contributed by atoms with van der Waals surface area (Å²) in [6.45, 7) is 2.10. The Morgan fingerprint density at radius 1 is 1.04 bits per heavy atom. The first-order valence-electron chi connectivity index (χ1n) is 9.21. The quantitative estimate of drug-likeness (QED) is 0.833. The van der Waals surface area contributed by atoms with Crippen LogP contribution in [0.25, 0.3) is 0 Å². The Balaban J connectivity index is 1.67. The highest BCUT2D eigenvalue weighted by Gasteiger charge is 2.36. The van der Waals surface area contributed by atoms with E-state index in [4.69, 9.17) is 10.5 Å². The third-order valence-electron chi connectivity index (χ3n) is 5.47. The van der Waals surface area contributed by atoms with E-state index in [0.717, 1.165) is 42.6 Å². The van der Waals surface area contributed by atoms with Gasteiger partial charge in [0.1, 0.15) is 11.9 Å². The van der Waals surface area contributed by atoms with Crippen molar-refractivity contribution in [2.24, 2.45) is 5.73 Å². The molecule has 1 aliphatic carbocycles. The van der Waals surface area contributed by atoms with Crippen molar-refractivity contribution in [1.29, 1.82) is 0 Å². The summed E-state index contributed by atoms with van der Waals surface area (Å²) >= 11 is 3.63. The maximum atomic E-state index is 6.58. The SMILES string of the molecule is N[C@@H]1CCCN([C@H]2CCc3ccccc3[C@@H]2Oc2ccccc2Br)C1. The number of nitrogens with two attached hydrogens (primary N) is 1. The molecule has 0 aromatic heterocycles. The molecule has 0 radical (unpaired) electrons. The van der Waals surface area contributed by atoms with E-state index in [1.807, 2.05) is 24.3 Å². The molecule has 2 N–H and O–H groups in total. The Bertz CT molecular complexity index is 735. The summed E-state index contributed by atoms with van der Waals surface area (Å²) in [5.74, 6) is 0.913. The molecule has 0 amide bonds. The highest BCUT2D eigenvalue weighted by Crippen LogP contribution is 2.39. The first-order valence-corrected chi connectivity index (χ1v) is 10.0. The van der Waals surface area contributed by atoms with Crippen LogP contribution in [0, 0.1) is 0 Å². The zero-order valence-electron chi connectivity index (χ0n) is 14.4. The van der Waals surface area contributed by atoms with Gasteiger partial charge in [-0.05, 0) is 71.4 Å². The number of rotatable bonds is 3. The molecule has 1 fully saturated rings. The molecule has 0 saturated carbocycles. The average molecular weight is 401 g/mol. The van der Waals surface area contributed by atoms with Gasteiger partial charge in [0, 0.05) is 12.6 Å². The molecule has 4 rings (SSSR count). The molecule has 1 saturated heterocycles. The lowest BCUT2D eigenvalue weighted by atomic mass is 9.84. The summed E-state index contributed by atoms with van der Waals surface area (Å²) < 4.78 is 7.59. The summed E-state index contributed by atoms with van der Waals surface area (Å²) in [6.07, 6.45) is 4.60. The first kappa shape index (κ1) is 17.1. The number of ether oxygens (including phenoxy) is 1. The molecule has 1 aliphatic heterocycles. The molecule has 3 atom stereocenters. The van der Waals surface area contributed by atoms with Gasteiger partial charge in [-0.2, -0.15) is 0 Å². The van der Waals surface area contributed by atoms with E-state index in [0.29, 0.717) is 6.04 Å². The minimum absolute atomic E-state index is 0.0500. The largest absolute Gasteiger partial charge is 0.483 e. The van der Waals surface area contributed by atoms with E-state index in [2.05, 4.69) is 45.1 Å². The third-order valence-corrected chi connectivity index (χ3v) is 6.12. The fourth-order valence-corrected chi connectivity index (χ4v) is 4.61. The summed E-state index contributed by atoms with van der Waals surface area (Å²) in [6, 6.07) is 17.5. The molecule has 1 heterocycles. The zero-order valence-corrected chi connectivity index (χ0v) is 16.0.